The molecule has 0 aromatic heterocycles. The number of hydrogen-bond donors (Lipinski definition) is 0. The van der Waals surface area contributed by atoms with Crippen LogP contribution in [0, 0.1) is 6.42 Å². The van der Waals surface area contributed by atoms with E-state index in [1.165, 1.54) is 6.42 Å². The quantitative estimate of drug-likeness (QED) is 0.461. The highest BCUT2D eigenvalue weighted by Gasteiger charge is 2.59. The topological polar surface area (TPSA) is 0 Å². The molecule has 7 heteroatoms. The van der Waals surface area contributed by atoms with Crippen molar-refractivity contribution in [2.75, 3.05) is 0 Å². The van der Waals surface area contributed by atoms with Gasteiger partial charge in [0.05, 0.1) is 0 Å². The van der Waals surface area contributed by atoms with Gasteiger partial charge in [0.1, 0.15) is 0 Å². The molecule has 2 aromatic rings. The summed E-state index contributed by atoms with van der Waals surface area (Å²) in [5, 5.41) is 1.94. The maximum absolute atomic E-state index is 6.24. The van der Waals surface area contributed by atoms with E-state index in [1.807, 2.05) is 42.5 Å². The second-order valence-corrected chi connectivity index (χ2v) is 9.40. The van der Waals surface area contributed by atoms with Crippen LogP contribution in [0.5, 0.6) is 0 Å². The van der Waals surface area contributed by atoms with Crippen LogP contribution in [0.1, 0.15) is 5.56 Å². The fourth-order valence-electron chi connectivity index (χ4n) is 1.85. The highest BCUT2D eigenvalue weighted by molar-refractivity contribution is 6.79. The van der Waals surface area contributed by atoms with Crippen molar-refractivity contribution in [1.29, 1.82) is 0 Å². The second kappa shape index (κ2) is 6.32. The summed E-state index contributed by atoms with van der Waals surface area (Å²) in [4.78, 5) is 0. The van der Waals surface area contributed by atoms with E-state index in [0.717, 1.165) is 16.3 Å². The number of alkyl halides is 7. The molecule has 0 heterocycles. The number of benzene rings is 2. The third kappa shape index (κ3) is 3.63. The van der Waals surface area contributed by atoms with Crippen LogP contribution < -0.4 is 0 Å². The third-order valence-electron chi connectivity index (χ3n) is 2.93. The molecular formula is C14H8Cl7. The predicted octanol–water partition coefficient (Wildman–Crippen LogP) is 7.11. The lowest BCUT2D eigenvalue weighted by atomic mass is 9.99. The molecule has 1 radical (unpaired) electrons. The van der Waals surface area contributed by atoms with E-state index >= 15 is 0 Å². The largest absolute Gasteiger partial charge is 0.226 e. The van der Waals surface area contributed by atoms with Crippen LogP contribution in [0.15, 0.2) is 42.5 Å². The molecule has 0 unspecified atom stereocenters. The van der Waals surface area contributed by atoms with Crippen LogP contribution in [-0.2, 0) is 0 Å². The smallest absolute Gasteiger partial charge is 0.0974 e. The van der Waals surface area contributed by atoms with Crippen molar-refractivity contribution >= 4 is 92.0 Å². The molecule has 0 spiro atoms. The van der Waals surface area contributed by atoms with E-state index in [1.54, 1.807) is 0 Å². The van der Waals surface area contributed by atoms with E-state index in [4.69, 9.17) is 81.2 Å². The third-order valence-corrected chi connectivity index (χ3v) is 6.70. The van der Waals surface area contributed by atoms with Gasteiger partial charge >= 0.3 is 0 Å². The molecule has 113 valence electrons. The van der Waals surface area contributed by atoms with Crippen molar-refractivity contribution in [3.8, 4) is 0 Å². The summed E-state index contributed by atoms with van der Waals surface area (Å²) < 4.78 is -5.92. The average Bonchev–Trinajstić information content (AvgIpc) is 2.37. The molecule has 0 aliphatic rings. The highest BCUT2D eigenvalue weighted by Crippen LogP contribution is 2.58. The van der Waals surface area contributed by atoms with E-state index in [-0.39, 0.29) is 0 Å². The zero-order valence-corrected chi connectivity index (χ0v) is 15.6. The van der Waals surface area contributed by atoms with Crippen molar-refractivity contribution < 1.29 is 0 Å². The Morgan fingerprint density at radius 1 is 0.714 bits per heavy atom. The summed E-state index contributed by atoms with van der Waals surface area (Å²) in [5.74, 6) is 0. The summed E-state index contributed by atoms with van der Waals surface area (Å²) in [6, 6.07) is 13.3. The molecular weight excluding hydrogens is 416 g/mol. The second-order valence-electron chi connectivity index (χ2n) is 4.41. The summed E-state index contributed by atoms with van der Waals surface area (Å²) >= 11 is 42.0. The molecule has 2 aromatic carbocycles. The van der Waals surface area contributed by atoms with Crippen molar-refractivity contribution in [2.24, 2.45) is 0 Å². The molecule has 0 amide bonds. The van der Waals surface area contributed by atoms with Gasteiger partial charge in [0.2, 0.25) is 3.79 Å². The fraction of sp³-hybridized carbons (Fsp3) is 0.214. The van der Waals surface area contributed by atoms with Gasteiger partial charge in [0.15, 0.2) is 8.67 Å². The molecule has 0 atom stereocenters. The van der Waals surface area contributed by atoms with E-state index in [2.05, 4.69) is 0 Å². The Morgan fingerprint density at radius 2 is 1.29 bits per heavy atom. The number of halogens is 7. The first-order valence-electron chi connectivity index (χ1n) is 5.72. The summed E-state index contributed by atoms with van der Waals surface area (Å²) in [6.45, 7) is 0. The van der Waals surface area contributed by atoms with Gasteiger partial charge in [-0.3, -0.25) is 0 Å². The average molecular weight is 424 g/mol. The number of hydrogen-bond acceptors (Lipinski definition) is 0. The van der Waals surface area contributed by atoms with Crippen molar-refractivity contribution in [3.63, 3.8) is 0 Å². The molecule has 0 aliphatic carbocycles. The standard InChI is InChI=1S/C14H8Cl7/c15-12(16,13(17,18)14(19,20)21)8-10-6-3-5-9-4-1-2-7-11(9)10/h1-8H. The first-order valence-corrected chi connectivity index (χ1v) is 8.37. The lowest BCUT2D eigenvalue weighted by molar-refractivity contribution is 0.738. The van der Waals surface area contributed by atoms with Crippen LogP contribution in [0.4, 0.5) is 0 Å². The Morgan fingerprint density at radius 3 is 1.90 bits per heavy atom. The van der Waals surface area contributed by atoms with Crippen molar-refractivity contribution in [1.82, 2.24) is 0 Å². The molecule has 2 rings (SSSR count). The number of rotatable bonds is 3. The summed E-state index contributed by atoms with van der Waals surface area (Å²) in [7, 11) is 0. The SMILES string of the molecule is ClC(Cl)(Cl)C(Cl)(Cl)C(Cl)(Cl)[CH]c1cccc2ccccc12. The van der Waals surface area contributed by atoms with Gasteiger partial charge < -0.3 is 0 Å². The molecule has 0 nitrogen and oxygen atoms in total. The van der Waals surface area contributed by atoms with Crippen molar-refractivity contribution in [2.45, 2.75) is 12.5 Å². The normalized spacial score (nSPS) is 13.7. The molecule has 0 N–H and O–H groups in total. The molecule has 21 heavy (non-hydrogen) atoms. The minimum atomic E-state index is -2.07. The predicted molar refractivity (Wildman–Crippen MR) is 96.5 cm³/mol. The summed E-state index contributed by atoms with van der Waals surface area (Å²) in [6.07, 6.45) is 1.47. The van der Waals surface area contributed by atoms with E-state index < -0.39 is 12.5 Å². The lowest BCUT2D eigenvalue weighted by Crippen LogP contribution is -2.47. The maximum Gasteiger partial charge on any atom is 0.226 e. The van der Waals surface area contributed by atoms with Crippen LogP contribution in [0.3, 0.4) is 0 Å². The highest BCUT2D eigenvalue weighted by atomic mass is 35.6. The van der Waals surface area contributed by atoms with Crippen LogP contribution in [0.25, 0.3) is 10.8 Å². The number of fused-ring (bicyclic) bond motifs is 1. The first-order chi connectivity index (χ1) is 9.56. The van der Waals surface area contributed by atoms with Gasteiger partial charge in [0, 0.05) is 6.42 Å². The maximum atomic E-state index is 6.24. The Hall–Kier alpha value is 0.730. The molecule has 0 fully saturated rings. The minimum absolute atomic E-state index is 0.734. The van der Waals surface area contributed by atoms with Crippen LogP contribution in [0.2, 0.25) is 0 Å². The Kier molecular flexibility index (Phi) is 5.44. The first kappa shape index (κ1) is 18.1. The van der Waals surface area contributed by atoms with Gasteiger partial charge in [0.25, 0.3) is 0 Å². The lowest BCUT2D eigenvalue weighted by Gasteiger charge is -2.37. The minimum Gasteiger partial charge on any atom is -0.0974 e. The molecule has 0 aliphatic heterocycles. The van der Waals surface area contributed by atoms with Crippen LogP contribution in [-0.4, -0.2) is 12.5 Å². The monoisotopic (exact) mass is 421 g/mol. The van der Waals surface area contributed by atoms with Gasteiger partial charge in [-0.25, -0.2) is 0 Å². The zero-order chi connectivity index (χ0) is 15.9. The Balaban J connectivity index is 2.44. The van der Waals surface area contributed by atoms with E-state index in [9.17, 15) is 0 Å². The van der Waals surface area contributed by atoms with Gasteiger partial charge in [-0.15, -0.1) is 0 Å². The van der Waals surface area contributed by atoms with Gasteiger partial charge in [-0.1, -0.05) is 124 Å². The molecule has 0 saturated heterocycles. The Bertz CT molecular complexity index is 638. The fourth-order valence-corrected chi connectivity index (χ4v) is 3.22. The molecule has 0 saturated carbocycles. The van der Waals surface area contributed by atoms with Gasteiger partial charge in [-0.05, 0) is 16.3 Å². The summed E-state index contributed by atoms with van der Waals surface area (Å²) in [5.41, 5.74) is 0.734. The Labute approximate surface area is 158 Å². The molecule has 0 bridgehead atoms. The zero-order valence-electron chi connectivity index (χ0n) is 10.3. The van der Waals surface area contributed by atoms with E-state index in [0.29, 0.717) is 0 Å². The van der Waals surface area contributed by atoms with Gasteiger partial charge in [-0.2, -0.15) is 0 Å². The van der Waals surface area contributed by atoms with Crippen LogP contribution >= 0.6 is 81.2 Å². The van der Waals surface area contributed by atoms with Crippen molar-refractivity contribution in [3.05, 3.63) is 54.4 Å².